The van der Waals surface area contributed by atoms with Crippen LogP contribution < -0.4 is 0 Å². The van der Waals surface area contributed by atoms with E-state index in [2.05, 4.69) is 13.2 Å². The maximum Gasteiger partial charge on any atom is 0.163 e. The molecule has 0 aromatic carbocycles. The molecule has 1 fully saturated rings. The van der Waals surface area contributed by atoms with Crippen LogP contribution in [0, 0.1) is 0 Å². The van der Waals surface area contributed by atoms with E-state index in [9.17, 15) is 0 Å². The molecule has 1 heterocycles. The van der Waals surface area contributed by atoms with Crippen molar-refractivity contribution in [3.8, 4) is 0 Å². The minimum atomic E-state index is -0.488. The highest BCUT2D eigenvalue weighted by molar-refractivity contribution is 5.15. The molecule has 1 unspecified atom stereocenters. The summed E-state index contributed by atoms with van der Waals surface area (Å²) in [6.07, 6.45) is -0.0129. The van der Waals surface area contributed by atoms with E-state index in [1.165, 1.54) is 0 Å². The number of hydrogen-bond acceptors (Lipinski definition) is 3. The molecule has 1 saturated heterocycles. The molecule has 1 atom stereocenters. The van der Waals surface area contributed by atoms with E-state index in [1.807, 2.05) is 20.8 Å². The van der Waals surface area contributed by atoms with Gasteiger partial charge >= 0.3 is 0 Å². The zero-order valence-corrected chi connectivity index (χ0v) is 9.13. The van der Waals surface area contributed by atoms with Crippen LogP contribution in [0.2, 0.25) is 0 Å². The molecular formula is C11H18O3. The molecule has 1 aliphatic rings. The summed E-state index contributed by atoms with van der Waals surface area (Å²) in [7, 11) is 0. The Balaban J connectivity index is 2.27. The third-order valence-corrected chi connectivity index (χ3v) is 1.99. The maximum absolute atomic E-state index is 5.56. The summed E-state index contributed by atoms with van der Waals surface area (Å²) >= 11 is 0. The van der Waals surface area contributed by atoms with Gasteiger partial charge in [-0.25, -0.2) is 0 Å². The SMILES string of the molecule is C=C(C)C(=C)OCC1COC(C)(C)O1. The van der Waals surface area contributed by atoms with Crippen molar-refractivity contribution in [1.29, 1.82) is 0 Å². The Kier molecular flexibility index (Phi) is 3.34. The van der Waals surface area contributed by atoms with Gasteiger partial charge in [-0.3, -0.25) is 0 Å². The minimum absolute atomic E-state index is 0.0129. The Bertz CT molecular complexity index is 243. The smallest absolute Gasteiger partial charge is 0.163 e. The molecule has 0 bridgehead atoms. The lowest BCUT2D eigenvalue weighted by molar-refractivity contribution is -0.143. The van der Waals surface area contributed by atoms with Gasteiger partial charge < -0.3 is 14.2 Å². The standard InChI is InChI=1S/C11H18O3/c1-8(2)9(3)12-6-10-7-13-11(4,5)14-10/h10H,1,3,6-7H2,2,4-5H3. The second-order valence-electron chi connectivity index (χ2n) is 3.97. The Morgan fingerprint density at radius 1 is 1.50 bits per heavy atom. The fourth-order valence-electron chi connectivity index (χ4n) is 1.16. The molecule has 0 aliphatic carbocycles. The fraction of sp³-hybridized carbons (Fsp3) is 0.636. The molecule has 0 N–H and O–H groups in total. The van der Waals surface area contributed by atoms with Gasteiger partial charge in [0.1, 0.15) is 18.5 Å². The molecule has 3 heteroatoms. The largest absolute Gasteiger partial charge is 0.491 e. The minimum Gasteiger partial charge on any atom is -0.491 e. The van der Waals surface area contributed by atoms with Crippen LogP contribution in [-0.2, 0) is 14.2 Å². The van der Waals surface area contributed by atoms with Crippen molar-refractivity contribution in [3.63, 3.8) is 0 Å². The van der Waals surface area contributed by atoms with Crippen LogP contribution in [-0.4, -0.2) is 25.1 Å². The number of ether oxygens (including phenoxy) is 3. The van der Waals surface area contributed by atoms with Gasteiger partial charge in [0.15, 0.2) is 5.79 Å². The quantitative estimate of drug-likeness (QED) is 0.512. The van der Waals surface area contributed by atoms with Crippen molar-refractivity contribution in [1.82, 2.24) is 0 Å². The number of hydrogen-bond donors (Lipinski definition) is 0. The van der Waals surface area contributed by atoms with Crippen LogP contribution in [0.4, 0.5) is 0 Å². The Morgan fingerprint density at radius 2 is 2.14 bits per heavy atom. The van der Waals surface area contributed by atoms with Crippen LogP contribution >= 0.6 is 0 Å². The summed E-state index contributed by atoms with van der Waals surface area (Å²) in [6.45, 7) is 14.1. The van der Waals surface area contributed by atoms with Crippen molar-refractivity contribution in [2.45, 2.75) is 32.7 Å². The topological polar surface area (TPSA) is 27.7 Å². The first kappa shape index (κ1) is 11.3. The molecule has 0 radical (unpaired) electrons. The predicted octanol–water partition coefficient (Wildman–Crippen LogP) is 2.24. The van der Waals surface area contributed by atoms with Gasteiger partial charge in [0.25, 0.3) is 0 Å². The summed E-state index contributed by atoms with van der Waals surface area (Å²) < 4.78 is 16.3. The van der Waals surface area contributed by atoms with E-state index in [-0.39, 0.29) is 6.10 Å². The maximum atomic E-state index is 5.56. The molecule has 14 heavy (non-hydrogen) atoms. The highest BCUT2D eigenvalue weighted by Crippen LogP contribution is 2.23. The zero-order chi connectivity index (χ0) is 10.8. The second kappa shape index (κ2) is 4.15. The van der Waals surface area contributed by atoms with E-state index in [4.69, 9.17) is 14.2 Å². The third kappa shape index (κ3) is 3.16. The third-order valence-electron chi connectivity index (χ3n) is 1.99. The first-order valence-corrected chi connectivity index (χ1v) is 4.70. The van der Waals surface area contributed by atoms with Gasteiger partial charge in [0.05, 0.1) is 6.61 Å². The molecule has 80 valence electrons. The predicted molar refractivity (Wildman–Crippen MR) is 54.8 cm³/mol. The average Bonchev–Trinajstić information content (AvgIpc) is 2.41. The molecule has 1 aliphatic heterocycles. The summed E-state index contributed by atoms with van der Waals surface area (Å²) in [4.78, 5) is 0. The highest BCUT2D eigenvalue weighted by atomic mass is 16.7. The lowest BCUT2D eigenvalue weighted by Crippen LogP contribution is -2.23. The molecule has 0 aromatic rings. The first-order valence-electron chi connectivity index (χ1n) is 4.70. The van der Waals surface area contributed by atoms with Crippen LogP contribution in [0.1, 0.15) is 20.8 Å². The van der Waals surface area contributed by atoms with Crippen molar-refractivity contribution in [2.24, 2.45) is 0 Å². The van der Waals surface area contributed by atoms with Crippen molar-refractivity contribution in [2.75, 3.05) is 13.2 Å². The van der Waals surface area contributed by atoms with Crippen molar-refractivity contribution < 1.29 is 14.2 Å². The Labute approximate surface area is 85.3 Å². The van der Waals surface area contributed by atoms with Crippen LogP contribution in [0.15, 0.2) is 24.5 Å². The van der Waals surface area contributed by atoms with E-state index >= 15 is 0 Å². The molecule has 0 spiro atoms. The summed E-state index contributed by atoms with van der Waals surface area (Å²) in [5.74, 6) is 0.122. The van der Waals surface area contributed by atoms with Gasteiger partial charge in [0.2, 0.25) is 0 Å². The van der Waals surface area contributed by atoms with Crippen molar-refractivity contribution >= 4 is 0 Å². The van der Waals surface area contributed by atoms with Crippen LogP contribution in [0.3, 0.4) is 0 Å². The van der Waals surface area contributed by atoms with Gasteiger partial charge in [-0.2, -0.15) is 0 Å². The molecular weight excluding hydrogens is 180 g/mol. The van der Waals surface area contributed by atoms with E-state index < -0.39 is 5.79 Å². The molecule has 3 nitrogen and oxygen atoms in total. The molecule has 1 rings (SSSR count). The molecule has 0 aromatic heterocycles. The number of rotatable bonds is 4. The van der Waals surface area contributed by atoms with Gasteiger partial charge in [-0.1, -0.05) is 13.2 Å². The molecule has 0 amide bonds. The summed E-state index contributed by atoms with van der Waals surface area (Å²) in [6, 6.07) is 0. The summed E-state index contributed by atoms with van der Waals surface area (Å²) in [5.41, 5.74) is 0.836. The normalized spacial score (nSPS) is 24.6. The summed E-state index contributed by atoms with van der Waals surface area (Å²) in [5, 5.41) is 0. The van der Waals surface area contributed by atoms with Gasteiger partial charge in [0, 0.05) is 0 Å². The zero-order valence-electron chi connectivity index (χ0n) is 9.13. The monoisotopic (exact) mass is 198 g/mol. The Morgan fingerprint density at radius 3 is 2.57 bits per heavy atom. The van der Waals surface area contributed by atoms with Crippen LogP contribution in [0.25, 0.3) is 0 Å². The Hall–Kier alpha value is -0.800. The van der Waals surface area contributed by atoms with Gasteiger partial charge in [-0.05, 0) is 26.3 Å². The highest BCUT2D eigenvalue weighted by Gasteiger charge is 2.32. The van der Waals surface area contributed by atoms with Crippen LogP contribution in [0.5, 0.6) is 0 Å². The molecule has 0 saturated carbocycles. The lowest BCUT2D eigenvalue weighted by atomic mass is 10.3. The second-order valence-corrected chi connectivity index (χ2v) is 3.97. The average molecular weight is 198 g/mol. The number of allylic oxidation sites excluding steroid dienone is 1. The lowest BCUT2D eigenvalue weighted by Gasteiger charge is -2.17. The fourth-order valence-corrected chi connectivity index (χ4v) is 1.16. The van der Waals surface area contributed by atoms with E-state index in [0.717, 1.165) is 5.57 Å². The van der Waals surface area contributed by atoms with E-state index in [0.29, 0.717) is 19.0 Å². The van der Waals surface area contributed by atoms with E-state index in [1.54, 1.807) is 0 Å². The first-order chi connectivity index (χ1) is 6.41. The van der Waals surface area contributed by atoms with Gasteiger partial charge in [-0.15, -0.1) is 0 Å². The van der Waals surface area contributed by atoms with Crippen molar-refractivity contribution in [3.05, 3.63) is 24.5 Å².